The molecule has 1 aromatic heterocycles. The Hall–Kier alpha value is -2.90. The summed E-state index contributed by atoms with van der Waals surface area (Å²) in [7, 11) is 1.72. The van der Waals surface area contributed by atoms with Gasteiger partial charge >= 0.3 is 0 Å². The number of aromatic nitrogens is 2. The van der Waals surface area contributed by atoms with Crippen molar-refractivity contribution in [2.45, 2.75) is 38.5 Å². The second-order valence-corrected chi connectivity index (χ2v) is 7.71. The van der Waals surface area contributed by atoms with Crippen LogP contribution in [0.15, 0.2) is 23.4 Å². The number of rotatable bonds is 4. The molecule has 28 heavy (non-hydrogen) atoms. The van der Waals surface area contributed by atoms with Crippen molar-refractivity contribution in [1.82, 2.24) is 9.78 Å². The number of anilines is 2. The number of benzene rings is 1. The third-order valence-corrected chi connectivity index (χ3v) is 6.14. The smallest absolute Gasteiger partial charge is 0.261 e. The Morgan fingerprint density at radius 3 is 2.96 bits per heavy atom. The molecule has 0 radical (unpaired) electrons. The number of hydrogen-bond donors (Lipinski definition) is 3. The van der Waals surface area contributed by atoms with Gasteiger partial charge in [-0.25, -0.2) is 4.39 Å². The molecule has 1 amide bonds. The maximum Gasteiger partial charge on any atom is 0.261 e. The molecule has 0 saturated heterocycles. The van der Waals surface area contributed by atoms with Gasteiger partial charge in [0, 0.05) is 24.6 Å². The number of nitrogens with one attached hydrogen (secondary N) is 1. The van der Waals surface area contributed by atoms with Crippen molar-refractivity contribution in [1.29, 1.82) is 0 Å². The van der Waals surface area contributed by atoms with E-state index in [4.69, 9.17) is 10.9 Å². The van der Waals surface area contributed by atoms with Crippen LogP contribution < -0.4 is 11.1 Å². The molecule has 4 rings (SSSR count). The lowest BCUT2D eigenvalue weighted by molar-refractivity contribution is 0.102. The summed E-state index contributed by atoms with van der Waals surface area (Å²) in [5.74, 6) is 0.505. The number of nitrogens with two attached hydrogens (primary N) is 1. The predicted molar refractivity (Wildman–Crippen MR) is 104 cm³/mol. The molecular weight excluding hydrogens is 361 g/mol. The molecule has 0 aliphatic heterocycles. The Labute approximate surface area is 162 Å². The van der Waals surface area contributed by atoms with E-state index >= 15 is 0 Å². The van der Waals surface area contributed by atoms with Gasteiger partial charge < -0.3 is 16.3 Å². The summed E-state index contributed by atoms with van der Waals surface area (Å²) >= 11 is 0. The standard InChI is InChI=1S/C20H24FN5O2/c1-3-10-7-13(4-5-15(10)21)23-20(27)17-18(24-26(2)19(17)22)12-6-11-9-16(25-28)14(11)8-12/h4-5,7,11-12,14,28H,3,6,8-9,22H2,1-2H3,(H,23,27)/b25-16+. The normalized spacial score (nSPS) is 24.8. The van der Waals surface area contributed by atoms with Gasteiger partial charge in [-0.2, -0.15) is 5.10 Å². The summed E-state index contributed by atoms with van der Waals surface area (Å²) in [4.78, 5) is 13.0. The minimum atomic E-state index is -0.343. The number of oxime groups is 1. The highest BCUT2D eigenvalue weighted by Crippen LogP contribution is 2.52. The number of nitrogens with zero attached hydrogens (tertiary/aromatic N) is 3. The monoisotopic (exact) mass is 385 g/mol. The summed E-state index contributed by atoms with van der Waals surface area (Å²) in [6.07, 6.45) is 3.04. The number of hydrogen-bond acceptors (Lipinski definition) is 5. The van der Waals surface area contributed by atoms with Gasteiger partial charge in [0.25, 0.3) is 5.91 Å². The molecule has 8 heteroatoms. The second kappa shape index (κ2) is 6.92. The zero-order chi connectivity index (χ0) is 20.0. The van der Waals surface area contributed by atoms with Crippen LogP contribution in [0.3, 0.4) is 0 Å². The zero-order valence-electron chi connectivity index (χ0n) is 15.9. The van der Waals surface area contributed by atoms with Crippen LogP contribution in [0.2, 0.25) is 0 Å². The molecule has 0 spiro atoms. The average molecular weight is 385 g/mol. The van der Waals surface area contributed by atoms with E-state index in [1.165, 1.54) is 10.7 Å². The van der Waals surface area contributed by atoms with Crippen molar-refractivity contribution in [3.63, 3.8) is 0 Å². The van der Waals surface area contributed by atoms with Crippen molar-refractivity contribution in [3.8, 4) is 0 Å². The van der Waals surface area contributed by atoms with Gasteiger partial charge in [0.2, 0.25) is 0 Å². The number of nitrogen functional groups attached to an aromatic ring is 1. The molecule has 2 aliphatic carbocycles. The first-order valence-corrected chi connectivity index (χ1v) is 9.55. The Bertz CT molecular complexity index is 968. The fraction of sp³-hybridized carbons (Fsp3) is 0.450. The molecule has 0 bridgehead atoms. The van der Waals surface area contributed by atoms with Crippen LogP contribution in [0.1, 0.15) is 53.7 Å². The molecule has 2 fully saturated rings. The zero-order valence-corrected chi connectivity index (χ0v) is 15.9. The van der Waals surface area contributed by atoms with Crippen LogP contribution in [-0.4, -0.2) is 26.6 Å². The molecule has 148 valence electrons. The Morgan fingerprint density at radius 2 is 2.25 bits per heavy atom. The molecule has 3 atom stereocenters. The highest BCUT2D eigenvalue weighted by atomic mass is 19.1. The van der Waals surface area contributed by atoms with Crippen LogP contribution in [0.5, 0.6) is 0 Å². The maximum atomic E-state index is 13.7. The third kappa shape index (κ3) is 2.93. The number of amides is 1. The Morgan fingerprint density at radius 1 is 1.46 bits per heavy atom. The molecule has 1 heterocycles. The van der Waals surface area contributed by atoms with Crippen molar-refractivity contribution in [2.75, 3.05) is 11.1 Å². The van der Waals surface area contributed by atoms with Gasteiger partial charge in [-0.15, -0.1) is 0 Å². The number of halogens is 1. The lowest BCUT2D eigenvalue weighted by Crippen LogP contribution is -2.32. The molecule has 1 aromatic carbocycles. The SMILES string of the molecule is CCc1cc(NC(=O)c2c(C3CC4C/C(=N\O)C4C3)nn(C)c2N)ccc1F. The van der Waals surface area contributed by atoms with Gasteiger partial charge in [0.05, 0.1) is 11.4 Å². The second-order valence-electron chi connectivity index (χ2n) is 7.71. The summed E-state index contributed by atoms with van der Waals surface area (Å²) in [6.45, 7) is 1.86. The summed E-state index contributed by atoms with van der Waals surface area (Å²) in [6, 6.07) is 4.53. The summed E-state index contributed by atoms with van der Waals surface area (Å²) < 4.78 is 15.3. The maximum absolute atomic E-state index is 13.7. The number of carbonyl (C=O) groups is 1. The van der Waals surface area contributed by atoms with Crippen LogP contribution >= 0.6 is 0 Å². The van der Waals surface area contributed by atoms with Crippen molar-refractivity contribution in [2.24, 2.45) is 24.0 Å². The first-order chi connectivity index (χ1) is 13.4. The Kier molecular flexibility index (Phi) is 4.56. The quantitative estimate of drug-likeness (QED) is 0.555. The van der Waals surface area contributed by atoms with Crippen LogP contribution in [0, 0.1) is 17.7 Å². The first-order valence-electron chi connectivity index (χ1n) is 9.55. The number of fused-ring (bicyclic) bond motifs is 1. The van der Waals surface area contributed by atoms with Crippen molar-refractivity contribution < 1.29 is 14.4 Å². The molecular formula is C20H24FN5O2. The Balaban J connectivity index is 1.60. The van der Waals surface area contributed by atoms with Gasteiger partial charge in [0.15, 0.2) is 0 Å². The van der Waals surface area contributed by atoms with Gasteiger partial charge in [-0.3, -0.25) is 9.48 Å². The first kappa shape index (κ1) is 18.5. The molecule has 4 N–H and O–H groups in total. The molecule has 2 aliphatic rings. The van der Waals surface area contributed by atoms with E-state index in [-0.39, 0.29) is 23.6 Å². The van der Waals surface area contributed by atoms with Crippen LogP contribution in [0.25, 0.3) is 0 Å². The lowest BCUT2D eigenvalue weighted by atomic mass is 9.74. The van der Waals surface area contributed by atoms with Gasteiger partial charge in [0.1, 0.15) is 17.2 Å². The highest BCUT2D eigenvalue weighted by Gasteiger charge is 2.47. The van der Waals surface area contributed by atoms with E-state index in [1.807, 2.05) is 6.92 Å². The largest absolute Gasteiger partial charge is 0.411 e. The van der Waals surface area contributed by atoms with Crippen LogP contribution in [-0.2, 0) is 13.5 Å². The number of aryl methyl sites for hydroxylation is 2. The summed E-state index contributed by atoms with van der Waals surface area (Å²) in [5.41, 5.74) is 9.12. The topological polar surface area (TPSA) is 106 Å². The fourth-order valence-corrected chi connectivity index (χ4v) is 4.55. The van der Waals surface area contributed by atoms with Gasteiger partial charge in [-0.1, -0.05) is 12.1 Å². The third-order valence-electron chi connectivity index (χ3n) is 6.14. The molecule has 7 nitrogen and oxygen atoms in total. The highest BCUT2D eigenvalue weighted by molar-refractivity contribution is 6.08. The average Bonchev–Trinajstić information content (AvgIpc) is 3.15. The molecule has 2 aromatic rings. The van der Waals surface area contributed by atoms with E-state index in [0.717, 1.165) is 25.0 Å². The number of carbonyl (C=O) groups excluding carboxylic acids is 1. The molecule has 3 unspecified atom stereocenters. The minimum Gasteiger partial charge on any atom is -0.411 e. The van der Waals surface area contributed by atoms with E-state index in [1.54, 1.807) is 19.2 Å². The van der Waals surface area contributed by atoms with Crippen LogP contribution in [0.4, 0.5) is 15.9 Å². The van der Waals surface area contributed by atoms with Crippen molar-refractivity contribution >= 4 is 23.1 Å². The van der Waals surface area contributed by atoms with Crippen molar-refractivity contribution in [3.05, 3.63) is 40.8 Å². The van der Waals surface area contributed by atoms with E-state index in [0.29, 0.717) is 40.7 Å². The minimum absolute atomic E-state index is 0.0953. The van der Waals surface area contributed by atoms with E-state index < -0.39 is 0 Å². The van der Waals surface area contributed by atoms with E-state index in [2.05, 4.69) is 15.6 Å². The molecule has 2 saturated carbocycles. The van der Waals surface area contributed by atoms with Gasteiger partial charge in [-0.05, 0) is 55.4 Å². The summed E-state index contributed by atoms with van der Waals surface area (Å²) in [5, 5.41) is 19.8. The van der Waals surface area contributed by atoms with E-state index in [9.17, 15) is 9.18 Å². The lowest BCUT2D eigenvalue weighted by Gasteiger charge is -2.30. The fourth-order valence-electron chi connectivity index (χ4n) is 4.55. The predicted octanol–water partition coefficient (Wildman–Crippen LogP) is 3.30.